The second-order valence-corrected chi connectivity index (χ2v) is 29.2. The van der Waals surface area contributed by atoms with Gasteiger partial charge in [0.25, 0.3) is 0 Å². The minimum absolute atomic E-state index is 0.0146. The number of hydrogen-bond donors (Lipinski definition) is 3. The number of allylic oxidation sites excluding steroid dienone is 4. The number of aliphatic hydroxyl groups is 2. The minimum Gasteiger partial charge on any atom is -0.466 e. The van der Waals surface area contributed by atoms with Gasteiger partial charge in [0, 0.05) is 12.8 Å². The van der Waals surface area contributed by atoms with E-state index in [1.165, 1.54) is 405 Å². The van der Waals surface area contributed by atoms with Gasteiger partial charge >= 0.3 is 5.97 Å². The van der Waals surface area contributed by atoms with Gasteiger partial charge in [-0.2, -0.15) is 0 Å². The largest absolute Gasteiger partial charge is 0.466 e. The maximum atomic E-state index is 12.6. The number of aliphatic hydroxyl groups excluding tert-OH is 2. The van der Waals surface area contributed by atoms with Gasteiger partial charge in [0.05, 0.1) is 25.4 Å². The van der Waals surface area contributed by atoms with E-state index in [4.69, 9.17) is 4.74 Å². The molecule has 0 radical (unpaired) electrons. The second kappa shape index (κ2) is 80.8. The zero-order chi connectivity index (χ0) is 65.6. The molecule has 0 spiro atoms. The Hall–Kier alpha value is -1.66. The molecule has 0 aliphatic carbocycles. The second-order valence-electron chi connectivity index (χ2n) is 29.2. The van der Waals surface area contributed by atoms with Crippen LogP contribution in [-0.2, 0) is 14.3 Å². The summed E-state index contributed by atoms with van der Waals surface area (Å²) < 4.78 is 5.50. The van der Waals surface area contributed by atoms with E-state index in [-0.39, 0.29) is 18.5 Å². The van der Waals surface area contributed by atoms with E-state index in [0.717, 1.165) is 44.9 Å². The van der Waals surface area contributed by atoms with Crippen LogP contribution in [0, 0.1) is 0 Å². The molecule has 0 saturated carbocycles. The summed E-state index contributed by atoms with van der Waals surface area (Å²) in [6.45, 7) is 5.00. The fourth-order valence-electron chi connectivity index (χ4n) is 13.6. The Balaban J connectivity index is 3.33. The molecule has 6 heteroatoms. The third-order valence-corrected chi connectivity index (χ3v) is 20.0. The normalized spacial score (nSPS) is 12.5. The average molecular weight is 1280 g/mol. The van der Waals surface area contributed by atoms with Crippen molar-refractivity contribution in [3.8, 4) is 0 Å². The van der Waals surface area contributed by atoms with E-state index < -0.39 is 12.1 Å². The monoisotopic (exact) mass is 1280 g/mol. The van der Waals surface area contributed by atoms with Gasteiger partial charge in [0.2, 0.25) is 5.91 Å². The molecule has 0 aromatic rings. The van der Waals surface area contributed by atoms with Crippen LogP contribution in [0.5, 0.6) is 0 Å². The van der Waals surface area contributed by atoms with Crippen molar-refractivity contribution in [2.24, 2.45) is 0 Å². The first-order chi connectivity index (χ1) is 45.0. The molecule has 0 aliphatic heterocycles. The van der Waals surface area contributed by atoms with Crippen LogP contribution < -0.4 is 5.32 Å². The molecule has 1 amide bonds. The summed E-state index contributed by atoms with van der Waals surface area (Å²) in [6, 6.07) is -0.539. The van der Waals surface area contributed by atoms with Crippen molar-refractivity contribution < 1.29 is 24.5 Å². The lowest BCUT2D eigenvalue weighted by Crippen LogP contribution is -2.45. The Bertz CT molecular complexity index is 1430. The highest BCUT2D eigenvalue weighted by molar-refractivity contribution is 5.76. The highest BCUT2D eigenvalue weighted by Gasteiger charge is 2.20. The summed E-state index contributed by atoms with van der Waals surface area (Å²) >= 11 is 0. The van der Waals surface area contributed by atoms with E-state index in [1.54, 1.807) is 0 Å². The van der Waals surface area contributed by atoms with Crippen LogP contribution in [0.25, 0.3) is 0 Å². The van der Waals surface area contributed by atoms with Crippen LogP contribution in [0.15, 0.2) is 24.3 Å². The summed E-state index contributed by atoms with van der Waals surface area (Å²) in [5.74, 6) is -0.0106. The molecule has 2 atom stereocenters. The summed E-state index contributed by atoms with van der Waals surface area (Å²) in [4.78, 5) is 24.7. The molecule has 0 saturated heterocycles. The van der Waals surface area contributed by atoms with E-state index in [9.17, 15) is 19.8 Å². The molecule has 0 bridgehead atoms. The molecule has 2 unspecified atom stereocenters. The molecule has 0 aromatic heterocycles. The van der Waals surface area contributed by atoms with E-state index in [0.29, 0.717) is 25.9 Å². The van der Waals surface area contributed by atoms with Crippen molar-refractivity contribution in [1.82, 2.24) is 5.32 Å². The molecule has 0 heterocycles. The van der Waals surface area contributed by atoms with Gasteiger partial charge in [0.15, 0.2) is 0 Å². The van der Waals surface area contributed by atoms with Crippen molar-refractivity contribution in [3.05, 3.63) is 24.3 Å². The first-order valence-corrected chi connectivity index (χ1v) is 42.1. The first-order valence-electron chi connectivity index (χ1n) is 42.1. The van der Waals surface area contributed by atoms with Gasteiger partial charge in [-0.15, -0.1) is 0 Å². The van der Waals surface area contributed by atoms with Gasteiger partial charge in [-0.3, -0.25) is 9.59 Å². The summed E-state index contributed by atoms with van der Waals surface area (Å²) in [7, 11) is 0. The predicted molar refractivity (Wildman–Crippen MR) is 403 cm³/mol. The molecule has 0 aliphatic rings. The Morgan fingerprint density at radius 1 is 0.297 bits per heavy atom. The number of amides is 1. The molecular weight excluding hydrogens is 1110 g/mol. The van der Waals surface area contributed by atoms with Crippen molar-refractivity contribution in [3.63, 3.8) is 0 Å². The van der Waals surface area contributed by atoms with Crippen molar-refractivity contribution in [1.29, 1.82) is 0 Å². The fourth-order valence-corrected chi connectivity index (χ4v) is 13.6. The standard InChI is InChI=1S/C85H165NO5/c1-3-5-7-9-11-13-15-17-19-20-21-22-40-43-46-50-53-57-61-65-69-73-77-83(88)82(81-87)86-84(89)78-74-70-66-62-58-54-51-47-44-41-38-36-34-32-30-28-26-24-23-25-27-29-31-33-35-37-39-42-45-48-52-56-60-64-68-72-76-80-91-85(90)79-75-71-67-63-59-55-49-18-16-14-12-10-8-6-4-2/h18,23,25,49,82-83,87-88H,3-17,19-22,24,26-48,50-81H2,1-2H3,(H,86,89)/b25-23-,49-18-. The van der Waals surface area contributed by atoms with Crippen LogP contribution in [-0.4, -0.2) is 47.4 Å². The Morgan fingerprint density at radius 3 is 0.780 bits per heavy atom. The summed E-state index contributed by atoms with van der Waals surface area (Å²) in [5.41, 5.74) is 0. The zero-order valence-corrected chi connectivity index (χ0v) is 62.1. The van der Waals surface area contributed by atoms with Gasteiger partial charge in [-0.25, -0.2) is 0 Å². The maximum Gasteiger partial charge on any atom is 0.305 e. The Labute approximate surface area is 571 Å². The SMILES string of the molecule is CCCCCCCC/C=C\CCCCCCCC(=O)OCCCCCCCCCCCCCCCCCC/C=C\CCCCCCCCCCCCCCCCCCCC(=O)NC(CO)C(O)CCCCCCCCCCCCCCCCCCCCCCCC. The van der Waals surface area contributed by atoms with Crippen LogP contribution >= 0.6 is 0 Å². The number of carbonyl (C=O) groups excluding carboxylic acids is 2. The van der Waals surface area contributed by atoms with Gasteiger partial charge in [-0.1, -0.05) is 417 Å². The molecule has 6 nitrogen and oxygen atoms in total. The van der Waals surface area contributed by atoms with E-state index in [1.807, 2.05) is 0 Å². The van der Waals surface area contributed by atoms with Gasteiger partial charge in [-0.05, 0) is 77.0 Å². The summed E-state index contributed by atoms with van der Waals surface area (Å²) in [5, 5.41) is 23.5. The maximum absolute atomic E-state index is 12.6. The zero-order valence-electron chi connectivity index (χ0n) is 62.1. The molecule has 0 fully saturated rings. The third-order valence-electron chi connectivity index (χ3n) is 20.0. The fraction of sp³-hybridized carbons (Fsp3) is 0.929. The topological polar surface area (TPSA) is 95.9 Å². The molecule has 91 heavy (non-hydrogen) atoms. The molecule has 3 N–H and O–H groups in total. The van der Waals surface area contributed by atoms with Crippen molar-refractivity contribution in [2.75, 3.05) is 13.2 Å². The van der Waals surface area contributed by atoms with Crippen molar-refractivity contribution >= 4 is 11.9 Å². The number of unbranched alkanes of at least 4 members (excludes halogenated alkanes) is 65. The Morgan fingerprint density at radius 2 is 0.516 bits per heavy atom. The molecule has 540 valence electrons. The van der Waals surface area contributed by atoms with Crippen LogP contribution in [0.1, 0.15) is 483 Å². The predicted octanol–water partition coefficient (Wildman–Crippen LogP) is 28.0. The highest BCUT2D eigenvalue weighted by atomic mass is 16.5. The van der Waals surface area contributed by atoms with Gasteiger partial charge < -0.3 is 20.3 Å². The molecule has 0 rings (SSSR count). The van der Waals surface area contributed by atoms with Crippen LogP contribution in [0.3, 0.4) is 0 Å². The third kappa shape index (κ3) is 77.2. The number of hydrogen-bond acceptors (Lipinski definition) is 5. The lowest BCUT2D eigenvalue weighted by atomic mass is 10.0. The number of nitrogens with one attached hydrogen (secondary N) is 1. The van der Waals surface area contributed by atoms with E-state index >= 15 is 0 Å². The van der Waals surface area contributed by atoms with E-state index in [2.05, 4.69) is 43.5 Å². The smallest absolute Gasteiger partial charge is 0.305 e. The Kier molecular flexibility index (Phi) is 79.3. The van der Waals surface area contributed by atoms with Crippen LogP contribution in [0.2, 0.25) is 0 Å². The summed E-state index contributed by atoms with van der Waals surface area (Å²) in [6.07, 6.45) is 104. The van der Waals surface area contributed by atoms with Crippen molar-refractivity contribution in [2.45, 2.75) is 495 Å². The molecular formula is C85H165NO5. The highest BCUT2D eigenvalue weighted by Crippen LogP contribution is 2.20. The number of esters is 1. The minimum atomic E-state index is -0.663. The number of carbonyl (C=O) groups is 2. The number of rotatable bonds is 80. The average Bonchev–Trinajstić information content (AvgIpc) is 3.69. The van der Waals surface area contributed by atoms with Crippen LogP contribution in [0.4, 0.5) is 0 Å². The quantitative estimate of drug-likeness (QED) is 0.0320. The first kappa shape index (κ1) is 89.3. The van der Waals surface area contributed by atoms with Gasteiger partial charge in [0.1, 0.15) is 0 Å². The molecule has 0 aromatic carbocycles. The number of ether oxygens (including phenoxy) is 1. The lowest BCUT2D eigenvalue weighted by molar-refractivity contribution is -0.143. The lowest BCUT2D eigenvalue weighted by Gasteiger charge is -2.22.